The van der Waals surface area contributed by atoms with Crippen molar-refractivity contribution < 1.29 is 24.3 Å². The van der Waals surface area contributed by atoms with Crippen molar-refractivity contribution >= 4 is 23.7 Å². The van der Waals surface area contributed by atoms with E-state index in [2.05, 4.69) is 10.6 Å². The zero-order valence-corrected chi connectivity index (χ0v) is 17.4. The summed E-state index contributed by atoms with van der Waals surface area (Å²) in [6.45, 7) is 9.29. The number of hydrogen-bond donors (Lipinski definition) is 4. The van der Waals surface area contributed by atoms with Crippen molar-refractivity contribution in [3.05, 3.63) is 0 Å². The van der Waals surface area contributed by atoms with Crippen LogP contribution < -0.4 is 16.4 Å². The van der Waals surface area contributed by atoms with Crippen molar-refractivity contribution in [2.45, 2.75) is 78.0 Å². The van der Waals surface area contributed by atoms with Gasteiger partial charge in [-0.1, -0.05) is 27.7 Å². The molecule has 4 unspecified atom stereocenters. The number of rotatable bonds is 9. The van der Waals surface area contributed by atoms with Crippen LogP contribution in [-0.2, 0) is 19.2 Å². The van der Waals surface area contributed by atoms with E-state index in [0.717, 1.165) is 0 Å². The summed E-state index contributed by atoms with van der Waals surface area (Å²) >= 11 is 0. The first-order valence-electron chi connectivity index (χ1n) is 9.85. The van der Waals surface area contributed by atoms with E-state index >= 15 is 0 Å². The van der Waals surface area contributed by atoms with Crippen LogP contribution in [0, 0.1) is 11.8 Å². The predicted octanol–water partition coefficient (Wildman–Crippen LogP) is 0.0809. The van der Waals surface area contributed by atoms with E-state index in [4.69, 9.17) is 5.73 Å². The lowest BCUT2D eigenvalue weighted by molar-refractivity contribution is -0.143. The van der Waals surface area contributed by atoms with Crippen molar-refractivity contribution in [1.29, 1.82) is 0 Å². The van der Waals surface area contributed by atoms with Crippen LogP contribution in [0.15, 0.2) is 0 Å². The molecule has 5 N–H and O–H groups in total. The van der Waals surface area contributed by atoms with Crippen LogP contribution in [0.3, 0.4) is 0 Å². The topological polar surface area (TPSA) is 142 Å². The minimum atomic E-state index is -1.11. The fourth-order valence-corrected chi connectivity index (χ4v) is 3.30. The van der Waals surface area contributed by atoms with E-state index < -0.39 is 42.0 Å². The van der Waals surface area contributed by atoms with E-state index in [0.29, 0.717) is 25.8 Å². The second kappa shape index (κ2) is 10.4. The van der Waals surface area contributed by atoms with Crippen LogP contribution in [0.2, 0.25) is 0 Å². The van der Waals surface area contributed by atoms with Crippen molar-refractivity contribution in [3.63, 3.8) is 0 Å². The molecule has 9 nitrogen and oxygen atoms in total. The quantitative estimate of drug-likeness (QED) is 0.433. The van der Waals surface area contributed by atoms with Gasteiger partial charge in [0.25, 0.3) is 0 Å². The summed E-state index contributed by atoms with van der Waals surface area (Å²) in [5.41, 5.74) is 5.66. The molecule has 28 heavy (non-hydrogen) atoms. The number of carboxylic acid groups (broad SMARTS) is 1. The maximum atomic E-state index is 12.8. The molecule has 1 aliphatic heterocycles. The van der Waals surface area contributed by atoms with E-state index in [1.165, 1.54) is 4.90 Å². The second-order valence-electron chi connectivity index (χ2n) is 8.24. The maximum Gasteiger partial charge on any atom is 0.326 e. The number of aliphatic carboxylic acids is 1. The Morgan fingerprint density at radius 1 is 1.11 bits per heavy atom. The molecule has 4 atom stereocenters. The summed E-state index contributed by atoms with van der Waals surface area (Å²) in [5, 5.41) is 14.6. The zero-order valence-electron chi connectivity index (χ0n) is 17.4. The Bertz CT molecular complexity index is 591. The van der Waals surface area contributed by atoms with Crippen LogP contribution in [0.4, 0.5) is 0 Å². The minimum absolute atomic E-state index is 0.0878. The monoisotopic (exact) mass is 398 g/mol. The molecule has 1 aliphatic rings. The van der Waals surface area contributed by atoms with Gasteiger partial charge in [0, 0.05) is 6.54 Å². The summed E-state index contributed by atoms with van der Waals surface area (Å²) in [4.78, 5) is 50.5. The number of carboxylic acids is 1. The Labute approximate surface area is 166 Å². The first-order valence-corrected chi connectivity index (χ1v) is 9.85. The Kier molecular flexibility index (Phi) is 8.87. The third-order valence-electron chi connectivity index (χ3n) is 4.80. The molecule has 1 rings (SSSR count). The van der Waals surface area contributed by atoms with Gasteiger partial charge in [-0.25, -0.2) is 4.79 Å². The van der Waals surface area contributed by atoms with Crippen LogP contribution in [0.25, 0.3) is 0 Å². The second-order valence-corrected chi connectivity index (χ2v) is 8.24. The average molecular weight is 399 g/mol. The van der Waals surface area contributed by atoms with Gasteiger partial charge in [-0.2, -0.15) is 0 Å². The molecular formula is C19H34N4O5. The molecule has 0 aromatic rings. The number of carbonyl (C=O) groups is 4. The van der Waals surface area contributed by atoms with Crippen LogP contribution in [0.5, 0.6) is 0 Å². The van der Waals surface area contributed by atoms with Gasteiger partial charge in [-0.3, -0.25) is 14.4 Å². The minimum Gasteiger partial charge on any atom is -0.480 e. The van der Waals surface area contributed by atoms with Crippen LogP contribution in [0.1, 0.15) is 53.9 Å². The normalized spacial score (nSPS) is 20.0. The fourth-order valence-electron chi connectivity index (χ4n) is 3.30. The maximum absolute atomic E-state index is 12.8. The predicted molar refractivity (Wildman–Crippen MR) is 104 cm³/mol. The van der Waals surface area contributed by atoms with Crippen LogP contribution in [-0.4, -0.2) is 64.4 Å². The molecule has 1 heterocycles. The first kappa shape index (κ1) is 23.9. The fraction of sp³-hybridized carbons (Fsp3) is 0.789. The Morgan fingerprint density at radius 3 is 2.18 bits per heavy atom. The molecule has 0 spiro atoms. The van der Waals surface area contributed by atoms with E-state index in [1.54, 1.807) is 20.8 Å². The highest BCUT2D eigenvalue weighted by atomic mass is 16.4. The van der Waals surface area contributed by atoms with Gasteiger partial charge in [0.15, 0.2) is 0 Å². The molecule has 9 heteroatoms. The number of amides is 3. The molecule has 1 saturated heterocycles. The third kappa shape index (κ3) is 6.47. The number of nitrogens with zero attached hydrogens (tertiary/aromatic N) is 1. The molecule has 160 valence electrons. The van der Waals surface area contributed by atoms with Crippen molar-refractivity contribution in [2.75, 3.05) is 6.54 Å². The number of nitrogens with two attached hydrogens (primary N) is 1. The summed E-state index contributed by atoms with van der Waals surface area (Å²) in [7, 11) is 0. The first-order chi connectivity index (χ1) is 13.0. The highest BCUT2D eigenvalue weighted by Gasteiger charge is 2.37. The lowest BCUT2D eigenvalue weighted by Crippen LogP contribution is -2.57. The number of hydrogen-bond acceptors (Lipinski definition) is 5. The highest BCUT2D eigenvalue weighted by molar-refractivity contribution is 5.94. The Hall–Kier alpha value is -2.16. The van der Waals surface area contributed by atoms with Gasteiger partial charge >= 0.3 is 5.97 Å². The van der Waals surface area contributed by atoms with Crippen molar-refractivity contribution in [3.8, 4) is 0 Å². The third-order valence-corrected chi connectivity index (χ3v) is 4.80. The molecule has 0 radical (unpaired) electrons. The Balaban J connectivity index is 2.85. The molecule has 0 aromatic heterocycles. The van der Waals surface area contributed by atoms with Gasteiger partial charge in [0.2, 0.25) is 17.7 Å². The van der Waals surface area contributed by atoms with Crippen LogP contribution >= 0.6 is 0 Å². The molecule has 1 fully saturated rings. The molecule has 0 aliphatic carbocycles. The summed E-state index contributed by atoms with van der Waals surface area (Å²) in [6.07, 6.45) is 1.48. The van der Waals surface area contributed by atoms with Gasteiger partial charge in [0.05, 0.1) is 6.04 Å². The van der Waals surface area contributed by atoms with Crippen molar-refractivity contribution in [1.82, 2.24) is 15.5 Å². The summed E-state index contributed by atoms with van der Waals surface area (Å²) < 4.78 is 0. The van der Waals surface area contributed by atoms with E-state index in [9.17, 15) is 24.3 Å². The van der Waals surface area contributed by atoms with Crippen molar-refractivity contribution in [2.24, 2.45) is 17.6 Å². The summed E-state index contributed by atoms with van der Waals surface area (Å²) in [5.74, 6) is -2.54. The smallest absolute Gasteiger partial charge is 0.326 e. The number of carbonyl (C=O) groups excluding carboxylic acids is 3. The van der Waals surface area contributed by atoms with Gasteiger partial charge in [-0.05, 0) is 38.0 Å². The van der Waals surface area contributed by atoms with Gasteiger partial charge < -0.3 is 26.4 Å². The highest BCUT2D eigenvalue weighted by Crippen LogP contribution is 2.19. The lowest BCUT2D eigenvalue weighted by Gasteiger charge is -2.29. The standard InChI is InChI=1S/C19H34N4O5/c1-10(2)9-13(19(27)28)21-17(25)15(11(3)4)22-16(24)14-7-6-8-23(14)18(26)12(5)20/h10-15H,6-9,20H2,1-5H3,(H,21,25)(H,22,24)(H,27,28). The SMILES string of the molecule is CC(C)CC(NC(=O)C(NC(=O)C1CCCN1C(=O)C(C)N)C(C)C)C(=O)O. The molecular weight excluding hydrogens is 364 g/mol. The van der Waals surface area contributed by atoms with E-state index in [1.807, 2.05) is 13.8 Å². The number of likely N-dealkylation sites (tertiary alicyclic amines) is 1. The Morgan fingerprint density at radius 2 is 1.71 bits per heavy atom. The molecule has 0 aromatic carbocycles. The zero-order chi connectivity index (χ0) is 21.6. The average Bonchev–Trinajstić information content (AvgIpc) is 3.06. The lowest BCUT2D eigenvalue weighted by atomic mass is 10.00. The number of nitrogens with one attached hydrogen (secondary N) is 2. The van der Waals surface area contributed by atoms with Gasteiger partial charge in [-0.15, -0.1) is 0 Å². The van der Waals surface area contributed by atoms with Gasteiger partial charge in [0.1, 0.15) is 18.1 Å². The molecule has 0 bridgehead atoms. The molecule has 3 amide bonds. The summed E-state index contributed by atoms with van der Waals surface area (Å²) in [6, 6.07) is -3.29. The largest absolute Gasteiger partial charge is 0.480 e. The van der Waals surface area contributed by atoms with E-state index in [-0.39, 0.29) is 17.7 Å². The molecule has 0 saturated carbocycles.